The molecule has 0 aromatic carbocycles. The third-order valence-electron chi connectivity index (χ3n) is 4.07. The minimum absolute atomic E-state index is 0.282. The smallest absolute Gasteiger partial charge is 0.335 e. The molecule has 0 aliphatic heterocycles. The van der Waals surface area contributed by atoms with E-state index in [0.29, 0.717) is 11.2 Å². The lowest BCUT2D eigenvalue weighted by atomic mass is 9.83. The van der Waals surface area contributed by atoms with Crippen molar-refractivity contribution in [1.82, 2.24) is 4.98 Å². The molecule has 4 nitrogen and oxygen atoms in total. The van der Waals surface area contributed by atoms with Crippen LogP contribution in [0.2, 0.25) is 0 Å². The van der Waals surface area contributed by atoms with Crippen molar-refractivity contribution in [3.05, 3.63) is 23.9 Å². The molecule has 98 valence electrons. The highest BCUT2D eigenvalue weighted by Crippen LogP contribution is 2.40. The number of aromatic carboxylic acids is 1. The molecule has 0 bridgehead atoms. The molecule has 0 saturated heterocycles. The number of aromatic nitrogens is 1. The van der Waals surface area contributed by atoms with Crippen LogP contribution in [-0.4, -0.2) is 22.6 Å². The quantitative estimate of drug-likeness (QED) is 0.840. The van der Waals surface area contributed by atoms with Crippen molar-refractivity contribution < 1.29 is 9.90 Å². The molecule has 0 spiro atoms. The number of pyridine rings is 1. The van der Waals surface area contributed by atoms with E-state index in [4.69, 9.17) is 5.11 Å². The maximum atomic E-state index is 10.9. The fourth-order valence-electron chi connectivity index (χ4n) is 2.72. The van der Waals surface area contributed by atoms with Crippen LogP contribution >= 0.6 is 0 Å². The van der Waals surface area contributed by atoms with Gasteiger partial charge in [-0.1, -0.05) is 19.8 Å². The van der Waals surface area contributed by atoms with Gasteiger partial charge in [-0.2, -0.15) is 0 Å². The van der Waals surface area contributed by atoms with E-state index < -0.39 is 5.97 Å². The molecule has 1 aromatic rings. The normalized spacial score (nSPS) is 17.6. The van der Waals surface area contributed by atoms with Crippen molar-refractivity contribution in [2.75, 3.05) is 11.9 Å². The number of hydrogen-bond donors (Lipinski definition) is 2. The standard InChI is InChI=1S/C14H20N2O2/c1-2-14(6-3-4-7-14)10-16-12-9-11(13(17)18)5-8-15-12/h5,8-9H,2-4,6-7,10H2,1H3,(H,15,16)(H,17,18). The van der Waals surface area contributed by atoms with Crippen LogP contribution in [0.1, 0.15) is 49.4 Å². The van der Waals surface area contributed by atoms with Crippen molar-refractivity contribution in [2.45, 2.75) is 39.0 Å². The van der Waals surface area contributed by atoms with E-state index in [9.17, 15) is 4.79 Å². The van der Waals surface area contributed by atoms with Crippen LogP contribution in [0.5, 0.6) is 0 Å². The average molecular weight is 248 g/mol. The minimum atomic E-state index is -0.911. The zero-order valence-electron chi connectivity index (χ0n) is 10.8. The zero-order valence-corrected chi connectivity index (χ0v) is 10.8. The van der Waals surface area contributed by atoms with Crippen molar-refractivity contribution in [3.63, 3.8) is 0 Å². The molecule has 0 atom stereocenters. The van der Waals surface area contributed by atoms with Crippen molar-refractivity contribution in [2.24, 2.45) is 5.41 Å². The molecule has 2 N–H and O–H groups in total. The number of anilines is 1. The van der Waals surface area contributed by atoms with Crippen molar-refractivity contribution >= 4 is 11.8 Å². The highest BCUT2D eigenvalue weighted by atomic mass is 16.4. The topological polar surface area (TPSA) is 62.2 Å². The van der Waals surface area contributed by atoms with Crippen LogP contribution in [-0.2, 0) is 0 Å². The van der Waals surface area contributed by atoms with E-state index in [-0.39, 0.29) is 5.56 Å². The fraction of sp³-hybridized carbons (Fsp3) is 0.571. The Morgan fingerprint density at radius 2 is 2.22 bits per heavy atom. The van der Waals surface area contributed by atoms with Gasteiger partial charge in [-0.05, 0) is 36.8 Å². The molecule has 0 amide bonds. The molecule has 1 aliphatic rings. The largest absolute Gasteiger partial charge is 0.478 e. The second-order valence-corrected chi connectivity index (χ2v) is 5.15. The van der Waals surface area contributed by atoms with Gasteiger partial charge in [-0.25, -0.2) is 9.78 Å². The first kappa shape index (κ1) is 12.9. The summed E-state index contributed by atoms with van der Waals surface area (Å²) in [4.78, 5) is 15.1. The van der Waals surface area contributed by atoms with Crippen LogP contribution in [0.15, 0.2) is 18.3 Å². The molecule has 18 heavy (non-hydrogen) atoms. The SMILES string of the molecule is CCC1(CNc2cc(C(=O)O)ccn2)CCCC1. The molecule has 1 saturated carbocycles. The minimum Gasteiger partial charge on any atom is -0.478 e. The molecule has 1 fully saturated rings. The number of rotatable bonds is 5. The summed E-state index contributed by atoms with van der Waals surface area (Å²) in [6.07, 6.45) is 7.83. The summed E-state index contributed by atoms with van der Waals surface area (Å²) in [5.41, 5.74) is 0.658. The molecular weight excluding hydrogens is 228 g/mol. The summed E-state index contributed by atoms with van der Waals surface area (Å²) in [7, 11) is 0. The predicted molar refractivity (Wildman–Crippen MR) is 70.9 cm³/mol. The lowest BCUT2D eigenvalue weighted by Gasteiger charge is -2.27. The van der Waals surface area contributed by atoms with Gasteiger partial charge in [0, 0.05) is 12.7 Å². The Bertz CT molecular complexity index is 426. The van der Waals surface area contributed by atoms with E-state index in [2.05, 4.69) is 17.2 Å². The first-order chi connectivity index (χ1) is 8.65. The number of carbonyl (C=O) groups is 1. The number of carboxylic acids is 1. The van der Waals surface area contributed by atoms with Gasteiger partial charge in [-0.3, -0.25) is 0 Å². The molecule has 4 heteroatoms. The van der Waals surface area contributed by atoms with E-state index in [0.717, 1.165) is 6.54 Å². The highest BCUT2D eigenvalue weighted by Gasteiger charge is 2.31. The monoisotopic (exact) mass is 248 g/mol. The van der Waals surface area contributed by atoms with E-state index in [1.54, 1.807) is 12.3 Å². The molecule has 0 radical (unpaired) electrons. The maximum Gasteiger partial charge on any atom is 0.335 e. The van der Waals surface area contributed by atoms with Gasteiger partial charge >= 0.3 is 5.97 Å². The summed E-state index contributed by atoms with van der Waals surface area (Å²) < 4.78 is 0. The van der Waals surface area contributed by atoms with Gasteiger partial charge in [0.05, 0.1) is 5.56 Å². The summed E-state index contributed by atoms with van der Waals surface area (Å²) >= 11 is 0. The third-order valence-corrected chi connectivity index (χ3v) is 4.07. The summed E-state index contributed by atoms with van der Waals surface area (Å²) in [5, 5.41) is 12.2. The molecule has 0 unspecified atom stereocenters. The Hall–Kier alpha value is -1.58. The second kappa shape index (κ2) is 5.38. The number of carboxylic acid groups (broad SMARTS) is 1. The third kappa shape index (κ3) is 2.81. The predicted octanol–water partition coefficient (Wildman–Crippen LogP) is 3.16. The second-order valence-electron chi connectivity index (χ2n) is 5.15. The number of nitrogens with one attached hydrogen (secondary N) is 1. The lowest BCUT2D eigenvalue weighted by molar-refractivity contribution is 0.0697. The van der Waals surface area contributed by atoms with Crippen LogP contribution < -0.4 is 5.32 Å². The van der Waals surface area contributed by atoms with Crippen LogP contribution in [0.3, 0.4) is 0 Å². The Balaban J connectivity index is 2.01. The first-order valence-corrected chi connectivity index (χ1v) is 6.58. The molecule has 1 aromatic heterocycles. The van der Waals surface area contributed by atoms with Gasteiger partial charge in [0.2, 0.25) is 0 Å². The average Bonchev–Trinajstić information content (AvgIpc) is 2.86. The van der Waals surface area contributed by atoms with Crippen molar-refractivity contribution in [3.8, 4) is 0 Å². The number of nitrogens with zero attached hydrogens (tertiary/aromatic N) is 1. The molecule has 2 rings (SSSR count). The van der Waals surface area contributed by atoms with E-state index in [1.165, 1.54) is 38.2 Å². The van der Waals surface area contributed by atoms with Crippen LogP contribution in [0.4, 0.5) is 5.82 Å². The summed E-state index contributed by atoms with van der Waals surface area (Å²) in [5.74, 6) is -0.249. The fourth-order valence-corrected chi connectivity index (χ4v) is 2.72. The summed E-state index contributed by atoms with van der Waals surface area (Å²) in [6, 6.07) is 3.11. The van der Waals surface area contributed by atoms with Gasteiger partial charge < -0.3 is 10.4 Å². The van der Waals surface area contributed by atoms with Gasteiger partial charge in [0.1, 0.15) is 5.82 Å². The molecular formula is C14H20N2O2. The molecule has 1 heterocycles. The Kier molecular flexibility index (Phi) is 3.84. The zero-order chi connectivity index (χ0) is 13.0. The van der Waals surface area contributed by atoms with E-state index in [1.807, 2.05) is 0 Å². The van der Waals surface area contributed by atoms with E-state index >= 15 is 0 Å². The maximum absolute atomic E-state index is 10.9. The molecule has 1 aliphatic carbocycles. The first-order valence-electron chi connectivity index (χ1n) is 6.58. The summed E-state index contributed by atoms with van der Waals surface area (Å²) in [6.45, 7) is 3.12. The van der Waals surface area contributed by atoms with Gasteiger partial charge in [-0.15, -0.1) is 0 Å². The Morgan fingerprint density at radius 1 is 1.50 bits per heavy atom. The number of hydrogen-bond acceptors (Lipinski definition) is 3. The van der Waals surface area contributed by atoms with Crippen molar-refractivity contribution in [1.29, 1.82) is 0 Å². The Labute approximate surface area is 107 Å². The Morgan fingerprint density at radius 3 is 2.83 bits per heavy atom. The van der Waals surface area contributed by atoms with Crippen LogP contribution in [0, 0.1) is 5.41 Å². The highest BCUT2D eigenvalue weighted by molar-refractivity contribution is 5.88. The van der Waals surface area contributed by atoms with Crippen LogP contribution in [0.25, 0.3) is 0 Å². The van der Waals surface area contributed by atoms with Gasteiger partial charge in [0.15, 0.2) is 0 Å². The lowest BCUT2D eigenvalue weighted by Crippen LogP contribution is -2.26. The van der Waals surface area contributed by atoms with Gasteiger partial charge in [0.25, 0.3) is 0 Å².